The lowest BCUT2D eigenvalue weighted by Crippen LogP contribution is -2.04. The summed E-state index contributed by atoms with van der Waals surface area (Å²) < 4.78 is 0. The maximum Gasteiger partial charge on any atom is 0.114 e. The van der Waals surface area contributed by atoms with Crippen molar-refractivity contribution in [2.75, 3.05) is 0 Å². The van der Waals surface area contributed by atoms with E-state index >= 15 is 0 Å². The van der Waals surface area contributed by atoms with Gasteiger partial charge in [-0.25, -0.2) is 0 Å². The third kappa shape index (κ3) is 1.50. The molecule has 0 aliphatic heterocycles. The van der Waals surface area contributed by atoms with Crippen molar-refractivity contribution in [2.45, 2.75) is 6.92 Å². The number of fused-ring (bicyclic) bond motifs is 5. The minimum Gasteiger partial charge on any atom is -0.0883 e. The van der Waals surface area contributed by atoms with Crippen LogP contribution in [-0.2, 0) is 0 Å². The monoisotopic (exact) mass is 252 g/mol. The molecule has 0 aromatic heterocycles. The average Bonchev–Trinajstić information content (AvgIpc) is 2.49. The number of aryl methyl sites for hydroxylation is 1. The lowest BCUT2D eigenvalue weighted by Gasteiger charge is -2.12. The molecular formula is C19H13B. The van der Waals surface area contributed by atoms with Crippen LogP contribution in [0.25, 0.3) is 32.3 Å². The fraction of sp³-hybridized carbons (Fsp3) is 0.0526. The molecular weight excluding hydrogens is 239 g/mol. The topological polar surface area (TPSA) is 0 Å². The summed E-state index contributed by atoms with van der Waals surface area (Å²) in [5.74, 6) is 0. The van der Waals surface area contributed by atoms with Crippen LogP contribution in [0.5, 0.6) is 0 Å². The van der Waals surface area contributed by atoms with E-state index in [1.807, 2.05) is 6.07 Å². The van der Waals surface area contributed by atoms with Gasteiger partial charge in [-0.1, -0.05) is 66.1 Å². The molecule has 0 spiro atoms. The number of benzene rings is 4. The zero-order chi connectivity index (χ0) is 13.7. The molecule has 0 saturated heterocycles. The first-order valence-corrected chi connectivity index (χ1v) is 6.85. The van der Waals surface area contributed by atoms with Crippen molar-refractivity contribution in [1.29, 1.82) is 0 Å². The van der Waals surface area contributed by atoms with Gasteiger partial charge in [-0.2, -0.15) is 0 Å². The van der Waals surface area contributed by atoms with Crippen molar-refractivity contribution in [3.05, 3.63) is 66.2 Å². The van der Waals surface area contributed by atoms with Gasteiger partial charge in [-0.05, 0) is 44.8 Å². The quantitative estimate of drug-likeness (QED) is 0.324. The zero-order valence-electron chi connectivity index (χ0n) is 11.4. The number of hydrogen-bond donors (Lipinski definition) is 0. The highest BCUT2D eigenvalue weighted by molar-refractivity contribution is 6.42. The maximum atomic E-state index is 6.25. The SMILES string of the molecule is [B]c1cc2c3ccccc3c(C)cc2c2ccccc12. The molecule has 0 aliphatic rings. The molecule has 0 fully saturated rings. The van der Waals surface area contributed by atoms with E-state index in [9.17, 15) is 0 Å². The molecule has 0 N–H and O–H groups in total. The van der Waals surface area contributed by atoms with E-state index < -0.39 is 0 Å². The Hall–Kier alpha value is -2.28. The third-order valence-electron chi connectivity index (χ3n) is 4.12. The van der Waals surface area contributed by atoms with Gasteiger partial charge in [0.05, 0.1) is 0 Å². The number of hydrogen-bond acceptors (Lipinski definition) is 0. The van der Waals surface area contributed by atoms with Crippen molar-refractivity contribution in [3.8, 4) is 0 Å². The summed E-state index contributed by atoms with van der Waals surface area (Å²) in [6.45, 7) is 2.17. The minimum absolute atomic E-state index is 0.849. The first-order chi connectivity index (χ1) is 9.75. The lowest BCUT2D eigenvalue weighted by molar-refractivity contribution is 1.56. The van der Waals surface area contributed by atoms with Crippen molar-refractivity contribution >= 4 is 45.6 Å². The van der Waals surface area contributed by atoms with Crippen molar-refractivity contribution < 1.29 is 0 Å². The van der Waals surface area contributed by atoms with E-state index in [1.54, 1.807) is 0 Å². The van der Waals surface area contributed by atoms with Gasteiger partial charge in [0.25, 0.3) is 0 Å². The molecule has 4 rings (SSSR count). The van der Waals surface area contributed by atoms with E-state index in [4.69, 9.17) is 7.85 Å². The molecule has 4 aromatic carbocycles. The van der Waals surface area contributed by atoms with Crippen LogP contribution in [-0.4, -0.2) is 7.85 Å². The molecule has 4 aromatic rings. The Morgan fingerprint density at radius 2 is 1.10 bits per heavy atom. The van der Waals surface area contributed by atoms with Gasteiger partial charge < -0.3 is 0 Å². The van der Waals surface area contributed by atoms with Gasteiger partial charge in [-0.3, -0.25) is 0 Å². The van der Waals surface area contributed by atoms with Crippen LogP contribution < -0.4 is 5.46 Å². The molecule has 0 aliphatic carbocycles. The first kappa shape index (κ1) is 11.5. The normalized spacial score (nSPS) is 11.4. The van der Waals surface area contributed by atoms with Crippen molar-refractivity contribution in [2.24, 2.45) is 0 Å². The van der Waals surface area contributed by atoms with Gasteiger partial charge >= 0.3 is 0 Å². The molecule has 0 bridgehead atoms. The summed E-state index contributed by atoms with van der Waals surface area (Å²) in [7, 11) is 6.25. The second-order valence-electron chi connectivity index (χ2n) is 5.35. The lowest BCUT2D eigenvalue weighted by atomic mass is 9.85. The Morgan fingerprint density at radius 3 is 1.80 bits per heavy atom. The molecule has 92 valence electrons. The standard InChI is InChI=1S/C19H13B/c1-12-10-17-15-8-4-5-9-16(15)19(20)11-18(17)14-7-3-2-6-13(12)14/h2-11H,1H3. The summed E-state index contributed by atoms with van der Waals surface area (Å²) in [4.78, 5) is 0. The number of rotatable bonds is 0. The molecule has 0 nitrogen and oxygen atoms in total. The predicted octanol–water partition coefficient (Wildman–Crippen LogP) is 4.25. The molecule has 0 heterocycles. The van der Waals surface area contributed by atoms with Crippen LogP contribution in [0.4, 0.5) is 0 Å². The van der Waals surface area contributed by atoms with Gasteiger partial charge in [0, 0.05) is 0 Å². The molecule has 0 unspecified atom stereocenters. The predicted molar refractivity (Wildman–Crippen MR) is 89.1 cm³/mol. The fourth-order valence-electron chi connectivity index (χ4n) is 3.16. The van der Waals surface area contributed by atoms with E-state index in [0.29, 0.717) is 0 Å². The van der Waals surface area contributed by atoms with Crippen LogP contribution in [0.15, 0.2) is 60.7 Å². The summed E-state index contributed by atoms with van der Waals surface area (Å²) in [5, 5.41) is 7.47. The fourth-order valence-corrected chi connectivity index (χ4v) is 3.16. The van der Waals surface area contributed by atoms with Crippen LogP contribution in [0.3, 0.4) is 0 Å². The highest BCUT2D eigenvalue weighted by atomic mass is 14.1. The summed E-state index contributed by atoms with van der Waals surface area (Å²) in [6, 6.07) is 21.3. The highest BCUT2D eigenvalue weighted by Gasteiger charge is 2.08. The minimum atomic E-state index is 0.849. The Morgan fingerprint density at radius 1 is 0.600 bits per heavy atom. The Kier molecular flexibility index (Phi) is 2.37. The third-order valence-corrected chi connectivity index (χ3v) is 4.12. The van der Waals surface area contributed by atoms with Crippen molar-refractivity contribution in [3.63, 3.8) is 0 Å². The molecule has 0 atom stereocenters. The molecule has 2 radical (unpaired) electrons. The van der Waals surface area contributed by atoms with Gasteiger partial charge in [0.15, 0.2) is 0 Å². The van der Waals surface area contributed by atoms with Crippen LogP contribution in [0.1, 0.15) is 5.56 Å². The van der Waals surface area contributed by atoms with Crippen molar-refractivity contribution in [1.82, 2.24) is 0 Å². The zero-order valence-corrected chi connectivity index (χ0v) is 11.4. The van der Waals surface area contributed by atoms with Gasteiger partial charge in [-0.15, -0.1) is 0 Å². The van der Waals surface area contributed by atoms with Gasteiger partial charge in [0.1, 0.15) is 7.85 Å². The summed E-state index contributed by atoms with van der Waals surface area (Å²) in [5.41, 5.74) is 2.16. The Balaban J connectivity index is 2.36. The van der Waals surface area contributed by atoms with Crippen LogP contribution in [0, 0.1) is 6.92 Å². The van der Waals surface area contributed by atoms with Gasteiger partial charge in [0.2, 0.25) is 0 Å². The van der Waals surface area contributed by atoms with Crippen LogP contribution in [0.2, 0.25) is 0 Å². The first-order valence-electron chi connectivity index (χ1n) is 6.85. The average molecular weight is 252 g/mol. The van der Waals surface area contributed by atoms with E-state index in [2.05, 4.69) is 61.5 Å². The summed E-state index contributed by atoms with van der Waals surface area (Å²) >= 11 is 0. The molecule has 1 heteroatoms. The summed E-state index contributed by atoms with van der Waals surface area (Å²) in [6.07, 6.45) is 0. The highest BCUT2D eigenvalue weighted by Crippen LogP contribution is 2.32. The van der Waals surface area contributed by atoms with E-state index in [-0.39, 0.29) is 0 Å². The smallest absolute Gasteiger partial charge is 0.0883 e. The molecule has 0 amide bonds. The van der Waals surface area contributed by atoms with Crippen LogP contribution >= 0.6 is 0 Å². The largest absolute Gasteiger partial charge is 0.114 e. The Bertz CT molecular complexity index is 886. The molecule has 20 heavy (non-hydrogen) atoms. The van der Waals surface area contributed by atoms with E-state index in [1.165, 1.54) is 32.5 Å². The maximum absolute atomic E-state index is 6.25. The Labute approximate surface area is 119 Å². The molecule has 0 saturated carbocycles. The van der Waals surface area contributed by atoms with E-state index in [0.717, 1.165) is 10.8 Å². The second kappa shape index (κ2) is 4.11. The second-order valence-corrected chi connectivity index (χ2v) is 5.35.